The molecule has 0 radical (unpaired) electrons. The van der Waals surface area contributed by atoms with Crippen LogP contribution in [-0.2, 0) is 25.9 Å². The van der Waals surface area contributed by atoms with Gasteiger partial charge in [-0.05, 0) is 30.9 Å². The van der Waals surface area contributed by atoms with E-state index < -0.39 is 0 Å². The Hall–Kier alpha value is -2.82. The summed E-state index contributed by atoms with van der Waals surface area (Å²) < 4.78 is 8.20. The van der Waals surface area contributed by atoms with E-state index in [0.717, 1.165) is 48.7 Å². The number of hydrogen-bond donors (Lipinski definition) is 0. The number of nitrogens with zero attached hydrogens (tertiary/aromatic N) is 3. The first-order chi connectivity index (χ1) is 12.8. The van der Waals surface area contributed by atoms with Crippen molar-refractivity contribution in [2.24, 2.45) is 0 Å². The Bertz CT molecular complexity index is 932. The van der Waals surface area contributed by atoms with Crippen LogP contribution in [0.3, 0.4) is 0 Å². The summed E-state index contributed by atoms with van der Waals surface area (Å²) >= 11 is 0. The maximum atomic E-state index is 12.9. The zero-order valence-electron chi connectivity index (χ0n) is 14.6. The van der Waals surface area contributed by atoms with Gasteiger partial charge in [-0.2, -0.15) is 0 Å². The number of rotatable bonds is 2. The molecule has 3 aromatic rings. The Kier molecular flexibility index (Phi) is 3.66. The van der Waals surface area contributed by atoms with Gasteiger partial charge in [0.25, 0.3) is 5.91 Å². The minimum absolute atomic E-state index is 0.00945. The van der Waals surface area contributed by atoms with E-state index in [1.54, 1.807) is 0 Å². The highest BCUT2D eigenvalue weighted by Gasteiger charge is 2.27. The fourth-order valence-electron chi connectivity index (χ4n) is 3.92. The van der Waals surface area contributed by atoms with Crippen LogP contribution in [0.15, 0.2) is 47.0 Å². The summed E-state index contributed by atoms with van der Waals surface area (Å²) in [5.41, 5.74) is 2.85. The van der Waals surface area contributed by atoms with Crippen LogP contribution in [0, 0.1) is 0 Å². The first-order valence-electron chi connectivity index (χ1n) is 9.30. The summed E-state index contributed by atoms with van der Waals surface area (Å²) in [6.45, 7) is 2.20. The van der Waals surface area contributed by atoms with E-state index >= 15 is 0 Å². The van der Waals surface area contributed by atoms with Gasteiger partial charge in [0.05, 0.1) is 6.54 Å². The first kappa shape index (κ1) is 15.4. The third kappa shape index (κ3) is 2.64. The summed E-state index contributed by atoms with van der Waals surface area (Å²) in [5, 5.41) is 0. The molecule has 5 rings (SSSR count). The van der Waals surface area contributed by atoms with E-state index in [-0.39, 0.29) is 5.91 Å². The molecular formula is C21H21N3O2. The lowest BCUT2D eigenvalue weighted by atomic mass is 10.1. The highest BCUT2D eigenvalue weighted by molar-refractivity contribution is 5.92. The van der Waals surface area contributed by atoms with Crippen molar-refractivity contribution in [3.8, 4) is 11.3 Å². The number of imidazole rings is 1. The number of benzene rings is 1. The number of aryl methyl sites for hydroxylation is 2. The second-order valence-electron chi connectivity index (χ2n) is 7.09. The predicted octanol–water partition coefficient (Wildman–Crippen LogP) is 3.68. The third-order valence-electron chi connectivity index (χ3n) is 5.36. The standard InChI is InChI=1S/C21H21N3O2/c25-21(17-13-23-10-5-4-8-20(23)22-17)24-11-9-16-12-18(26-19(16)14-24)15-6-2-1-3-7-15/h1-3,6-7,12-13H,4-5,8-11,14H2. The summed E-state index contributed by atoms with van der Waals surface area (Å²) in [6.07, 6.45) is 6.04. The van der Waals surface area contributed by atoms with Crippen molar-refractivity contribution < 1.29 is 9.21 Å². The van der Waals surface area contributed by atoms with Gasteiger partial charge in [0, 0.05) is 31.3 Å². The van der Waals surface area contributed by atoms with E-state index in [9.17, 15) is 4.79 Å². The van der Waals surface area contributed by atoms with E-state index in [2.05, 4.69) is 15.6 Å². The van der Waals surface area contributed by atoms with E-state index in [4.69, 9.17) is 4.42 Å². The van der Waals surface area contributed by atoms with Crippen molar-refractivity contribution in [2.45, 2.75) is 38.8 Å². The fraction of sp³-hybridized carbons (Fsp3) is 0.333. The fourth-order valence-corrected chi connectivity index (χ4v) is 3.92. The molecule has 0 atom stereocenters. The molecule has 26 heavy (non-hydrogen) atoms. The Morgan fingerprint density at radius 1 is 1.08 bits per heavy atom. The quantitative estimate of drug-likeness (QED) is 0.711. The van der Waals surface area contributed by atoms with Gasteiger partial charge in [-0.3, -0.25) is 4.79 Å². The molecule has 132 valence electrons. The average Bonchev–Trinajstić information content (AvgIpc) is 3.31. The first-order valence-corrected chi connectivity index (χ1v) is 9.30. The van der Waals surface area contributed by atoms with Crippen LogP contribution in [-0.4, -0.2) is 26.9 Å². The Morgan fingerprint density at radius 2 is 1.96 bits per heavy atom. The number of amides is 1. The lowest BCUT2D eigenvalue weighted by molar-refractivity contribution is 0.0715. The molecule has 0 saturated heterocycles. The van der Waals surface area contributed by atoms with Gasteiger partial charge in [-0.1, -0.05) is 30.3 Å². The normalized spacial score (nSPS) is 16.2. The molecule has 0 bridgehead atoms. The van der Waals surface area contributed by atoms with Crippen LogP contribution in [0.1, 0.15) is 40.5 Å². The number of hydrogen-bond acceptors (Lipinski definition) is 3. The molecule has 4 heterocycles. The SMILES string of the molecule is O=C(c1cn2c(n1)CCCC2)N1CCc2cc(-c3ccccc3)oc2C1. The van der Waals surface area contributed by atoms with Gasteiger partial charge in [0.15, 0.2) is 0 Å². The van der Waals surface area contributed by atoms with Crippen LogP contribution >= 0.6 is 0 Å². The molecule has 2 aliphatic heterocycles. The zero-order chi connectivity index (χ0) is 17.5. The lowest BCUT2D eigenvalue weighted by Crippen LogP contribution is -2.35. The lowest BCUT2D eigenvalue weighted by Gasteiger charge is -2.25. The monoisotopic (exact) mass is 347 g/mol. The topological polar surface area (TPSA) is 51.3 Å². The largest absolute Gasteiger partial charge is 0.459 e. The molecule has 2 aromatic heterocycles. The maximum absolute atomic E-state index is 12.9. The highest BCUT2D eigenvalue weighted by Crippen LogP contribution is 2.30. The van der Waals surface area contributed by atoms with Crippen molar-refractivity contribution in [3.05, 3.63) is 65.4 Å². The zero-order valence-corrected chi connectivity index (χ0v) is 14.6. The molecule has 1 amide bonds. The summed E-state index contributed by atoms with van der Waals surface area (Å²) in [5.74, 6) is 2.83. The molecule has 0 N–H and O–H groups in total. The molecule has 0 fully saturated rings. The molecule has 1 aromatic carbocycles. The van der Waals surface area contributed by atoms with Crippen molar-refractivity contribution >= 4 is 5.91 Å². The minimum Gasteiger partial charge on any atom is -0.459 e. The number of carbonyl (C=O) groups excluding carboxylic acids is 1. The van der Waals surface area contributed by atoms with Crippen LogP contribution in [0.25, 0.3) is 11.3 Å². The van der Waals surface area contributed by atoms with Gasteiger partial charge in [-0.15, -0.1) is 0 Å². The maximum Gasteiger partial charge on any atom is 0.274 e. The summed E-state index contributed by atoms with van der Waals surface area (Å²) in [4.78, 5) is 19.3. The van der Waals surface area contributed by atoms with Crippen molar-refractivity contribution in [3.63, 3.8) is 0 Å². The van der Waals surface area contributed by atoms with Gasteiger partial charge in [-0.25, -0.2) is 4.98 Å². The Labute approximate surface area is 152 Å². The van der Waals surface area contributed by atoms with E-state index in [0.29, 0.717) is 18.8 Å². The van der Waals surface area contributed by atoms with Crippen molar-refractivity contribution in [1.29, 1.82) is 0 Å². The van der Waals surface area contributed by atoms with E-state index in [1.165, 1.54) is 12.0 Å². The predicted molar refractivity (Wildman–Crippen MR) is 97.8 cm³/mol. The van der Waals surface area contributed by atoms with Crippen molar-refractivity contribution in [1.82, 2.24) is 14.5 Å². The number of aromatic nitrogens is 2. The second kappa shape index (κ2) is 6.16. The second-order valence-corrected chi connectivity index (χ2v) is 7.09. The molecule has 5 heteroatoms. The average molecular weight is 347 g/mol. The number of fused-ring (bicyclic) bond motifs is 2. The molecule has 0 aliphatic carbocycles. The molecule has 0 saturated carbocycles. The highest BCUT2D eigenvalue weighted by atomic mass is 16.3. The van der Waals surface area contributed by atoms with Gasteiger partial charge < -0.3 is 13.9 Å². The smallest absolute Gasteiger partial charge is 0.274 e. The third-order valence-corrected chi connectivity index (χ3v) is 5.36. The van der Waals surface area contributed by atoms with Crippen LogP contribution in [0.4, 0.5) is 0 Å². The Morgan fingerprint density at radius 3 is 2.81 bits per heavy atom. The van der Waals surface area contributed by atoms with Crippen LogP contribution in [0.5, 0.6) is 0 Å². The minimum atomic E-state index is 0.00945. The number of furan rings is 1. The van der Waals surface area contributed by atoms with Crippen LogP contribution < -0.4 is 0 Å². The molecule has 0 unspecified atom stereocenters. The molecule has 0 spiro atoms. The molecular weight excluding hydrogens is 326 g/mol. The van der Waals surface area contributed by atoms with Gasteiger partial charge in [0.2, 0.25) is 0 Å². The van der Waals surface area contributed by atoms with Gasteiger partial charge >= 0.3 is 0 Å². The number of carbonyl (C=O) groups is 1. The van der Waals surface area contributed by atoms with Gasteiger partial charge in [0.1, 0.15) is 23.0 Å². The van der Waals surface area contributed by atoms with E-state index in [1.807, 2.05) is 41.4 Å². The van der Waals surface area contributed by atoms with Crippen molar-refractivity contribution in [2.75, 3.05) is 6.54 Å². The summed E-state index contributed by atoms with van der Waals surface area (Å²) in [7, 11) is 0. The molecule has 5 nitrogen and oxygen atoms in total. The molecule has 2 aliphatic rings. The summed E-state index contributed by atoms with van der Waals surface area (Å²) in [6, 6.07) is 12.2. The Balaban J connectivity index is 1.37. The van der Waals surface area contributed by atoms with Crippen LogP contribution in [0.2, 0.25) is 0 Å².